The van der Waals surface area contributed by atoms with Gasteiger partial charge in [0.15, 0.2) is 5.96 Å². The molecule has 1 unspecified atom stereocenters. The van der Waals surface area contributed by atoms with E-state index >= 15 is 0 Å². The van der Waals surface area contributed by atoms with E-state index in [1.165, 1.54) is 5.56 Å². The van der Waals surface area contributed by atoms with Crippen LogP contribution in [0.4, 0.5) is 0 Å². The summed E-state index contributed by atoms with van der Waals surface area (Å²) in [5.74, 6) is 0.584. The fourth-order valence-corrected chi connectivity index (χ4v) is 2.38. The van der Waals surface area contributed by atoms with E-state index in [1.54, 1.807) is 0 Å². The number of nitrogens with zero attached hydrogens (tertiary/aromatic N) is 2. The Morgan fingerprint density at radius 2 is 1.81 bits per heavy atom. The fraction of sp³-hybridized carbons (Fsp3) is 0.600. The molecule has 1 amide bonds. The zero-order valence-electron chi connectivity index (χ0n) is 17.5. The predicted molar refractivity (Wildman–Crippen MR) is 125 cm³/mol. The molecule has 7 heteroatoms. The highest BCUT2D eigenvalue weighted by Crippen LogP contribution is 2.05. The number of hydrogen-bond acceptors (Lipinski definition) is 3. The average Bonchev–Trinajstić information content (AvgIpc) is 2.56. The average molecular weight is 489 g/mol. The van der Waals surface area contributed by atoms with E-state index in [0.717, 1.165) is 19.6 Å². The van der Waals surface area contributed by atoms with Gasteiger partial charge in [0.25, 0.3) is 0 Å². The number of carbonyl (C=O) groups is 1. The van der Waals surface area contributed by atoms with Crippen LogP contribution in [0.1, 0.15) is 40.2 Å². The number of carbonyl (C=O) groups excluding carboxylic acids is 1. The number of amides is 1. The second-order valence-corrected chi connectivity index (χ2v) is 7.62. The van der Waals surface area contributed by atoms with Crippen LogP contribution in [0.15, 0.2) is 35.3 Å². The number of nitrogens with one attached hydrogen (secondary N) is 3. The van der Waals surface area contributed by atoms with Gasteiger partial charge in [-0.2, -0.15) is 0 Å². The molecule has 0 saturated heterocycles. The summed E-state index contributed by atoms with van der Waals surface area (Å²) in [7, 11) is 2.11. The van der Waals surface area contributed by atoms with Gasteiger partial charge < -0.3 is 16.0 Å². The lowest BCUT2D eigenvalue weighted by molar-refractivity contribution is -0.121. The molecule has 0 fully saturated rings. The number of halogens is 1. The Bertz CT molecular complexity index is 571. The summed E-state index contributed by atoms with van der Waals surface area (Å²) in [6, 6.07) is 10.7. The van der Waals surface area contributed by atoms with Gasteiger partial charge in [0, 0.05) is 31.2 Å². The third-order valence-corrected chi connectivity index (χ3v) is 3.83. The lowest BCUT2D eigenvalue weighted by atomic mass is 10.1. The molecule has 1 rings (SSSR count). The molecule has 0 spiro atoms. The lowest BCUT2D eigenvalue weighted by Crippen LogP contribution is -2.46. The van der Waals surface area contributed by atoms with Crippen molar-refractivity contribution in [2.45, 2.75) is 52.7 Å². The van der Waals surface area contributed by atoms with Gasteiger partial charge in [0.1, 0.15) is 6.54 Å². The largest absolute Gasteiger partial charge is 0.357 e. The molecule has 0 aliphatic rings. The second-order valence-electron chi connectivity index (χ2n) is 7.62. The standard InChI is InChI=1S/C20H35N5O.HI/c1-7-21-19(23-14-18(26)24-20(3,4)5)22-13-16(2)25(6)15-17-11-9-8-10-12-17;/h8-12,16H,7,13-15H2,1-6H3,(H,24,26)(H2,21,22,23);1H. The molecule has 1 aromatic carbocycles. The molecular formula is C20H36IN5O. The molecule has 0 aromatic heterocycles. The van der Waals surface area contributed by atoms with Crippen LogP contribution in [-0.2, 0) is 11.3 Å². The van der Waals surface area contributed by atoms with Crippen molar-refractivity contribution in [3.8, 4) is 0 Å². The Morgan fingerprint density at radius 1 is 1.19 bits per heavy atom. The zero-order valence-corrected chi connectivity index (χ0v) is 19.8. The highest BCUT2D eigenvalue weighted by Gasteiger charge is 2.14. The van der Waals surface area contributed by atoms with Gasteiger partial charge in [-0.05, 0) is 47.2 Å². The van der Waals surface area contributed by atoms with Gasteiger partial charge in [-0.3, -0.25) is 9.69 Å². The molecule has 0 bridgehead atoms. The first-order chi connectivity index (χ1) is 12.2. The van der Waals surface area contributed by atoms with E-state index in [1.807, 2.05) is 33.8 Å². The Balaban J connectivity index is 0.00000676. The summed E-state index contributed by atoms with van der Waals surface area (Å²) in [4.78, 5) is 18.6. The van der Waals surface area contributed by atoms with Crippen LogP contribution in [0, 0.1) is 0 Å². The van der Waals surface area contributed by atoms with Crippen LogP contribution < -0.4 is 16.0 Å². The van der Waals surface area contributed by atoms with E-state index in [0.29, 0.717) is 12.0 Å². The summed E-state index contributed by atoms with van der Waals surface area (Å²) in [6.07, 6.45) is 0. The van der Waals surface area contributed by atoms with E-state index in [-0.39, 0.29) is 42.0 Å². The summed E-state index contributed by atoms with van der Waals surface area (Å²) in [6.45, 7) is 12.6. The molecule has 0 saturated carbocycles. The SMILES string of the molecule is CCNC(=NCC(=O)NC(C)(C)C)NCC(C)N(C)Cc1ccccc1.I. The first-order valence-corrected chi connectivity index (χ1v) is 9.28. The van der Waals surface area contributed by atoms with Crippen LogP contribution in [0.5, 0.6) is 0 Å². The first kappa shape index (κ1) is 25.6. The number of likely N-dealkylation sites (N-methyl/N-ethyl adjacent to an activating group) is 1. The number of guanidine groups is 1. The van der Waals surface area contributed by atoms with Crippen molar-refractivity contribution in [2.75, 3.05) is 26.7 Å². The zero-order chi connectivity index (χ0) is 19.6. The summed E-state index contributed by atoms with van der Waals surface area (Å²) >= 11 is 0. The summed E-state index contributed by atoms with van der Waals surface area (Å²) in [5, 5.41) is 9.42. The van der Waals surface area contributed by atoms with Crippen molar-refractivity contribution >= 4 is 35.8 Å². The Hall–Kier alpha value is -1.35. The topological polar surface area (TPSA) is 68.8 Å². The molecule has 0 aliphatic carbocycles. The predicted octanol–water partition coefficient (Wildman–Crippen LogP) is 2.59. The van der Waals surface area contributed by atoms with Gasteiger partial charge in [0.2, 0.25) is 5.91 Å². The summed E-state index contributed by atoms with van der Waals surface area (Å²) in [5.41, 5.74) is 1.05. The summed E-state index contributed by atoms with van der Waals surface area (Å²) < 4.78 is 0. The maximum Gasteiger partial charge on any atom is 0.242 e. The van der Waals surface area contributed by atoms with Gasteiger partial charge in [-0.1, -0.05) is 30.3 Å². The van der Waals surface area contributed by atoms with E-state index < -0.39 is 0 Å². The second kappa shape index (κ2) is 12.9. The van der Waals surface area contributed by atoms with Crippen LogP contribution in [-0.4, -0.2) is 55.0 Å². The minimum atomic E-state index is -0.243. The normalized spacial score (nSPS) is 12.9. The molecule has 0 aliphatic heterocycles. The monoisotopic (exact) mass is 489 g/mol. The molecule has 0 heterocycles. The molecule has 6 nitrogen and oxygen atoms in total. The molecular weight excluding hydrogens is 453 g/mol. The van der Waals surface area contributed by atoms with E-state index in [4.69, 9.17) is 0 Å². The highest BCUT2D eigenvalue weighted by molar-refractivity contribution is 14.0. The van der Waals surface area contributed by atoms with Gasteiger partial charge in [-0.15, -0.1) is 24.0 Å². The molecule has 27 heavy (non-hydrogen) atoms. The lowest BCUT2D eigenvalue weighted by Gasteiger charge is -2.26. The van der Waals surface area contributed by atoms with Gasteiger partial charge in [-0.25, -0.2) is 4.99 Å². The third-order valence-electron chi connectivity index (χ3n) is 3.83. The molecule has 0 radical (unpaired) electrons. The third kappa shape index (κ3) is 11.9. The van der Waals surface area contributed by atoms with Crippen molar-refractivity contribution in [2.24, 2.45) is 4.99 Å². The number of benzene rings is 1. The number of rotatable bonds is 8. The Kier molecular flexibility index (Phi) is 12.3. The minimum Gasteiger partial charge on any atom is -0.357 e. The minimum absolute atomic E-state index is 0. The van der Waals surface area contributed by atoms with Crippen LogP contribution in [0.2, 0.25) is 0 Å². The number of hydrogen-bond donors (Lipinski definition) is 3. The number of aliphatic imine (C=N–C) groups is 1. The highest BCUT2D eigenvalue weighted by atomic mass is 127. The van der Waals surface area contributed by atoms with Crippen LogP contribution in [0.3, 0.4) is 0 Å². The molecule has 1 aromatic rings. The quantitative estimate of drug-likeness (QED) is 0.299. The first-order valence-electron chi connectivity index (χ1n) is 9.28. The Labute approximate surface area is 181 Å². The van der Waals surface area contributed by atoms with Crippen molar-refractivity contribution in [1.82, 2.24) is 20.9 Å². The van der Waals surface area contributed by atoms with Crippen molar-refractivity contribution in [1.29, 1.82) is 0 Å². The van der Waals surface area contributed by atoms with Crippen molar-refractivity contribution < 1.29 is 4.79 Å². The Morgan fingerprint density at radius 3 is 2.37 bits per heavy atom. The van der Waals surface area contributed by atoms with Gasteiger partial charge in [0.05, 0.1) is 0 Å². The molecule has 1 atom stereocenters. The van der Waals surface area contributed by atoms with Crippen LogP contribution in [0.25, 0.3) is 0 Å². The maximum absolute atomic E-state index is 11.9. The smallest absolute Gasteiger partial charge is 0.242 e. The maximum atomic E-state index is 11.9. The fourth-order valence-electron chi connectivity index (χ4n) is 2.38. The molecule has 154 valence electrons. The van der Waals surface area contributed by atoms with Crippen LogP contribution >= 0.6 is 24.0 Å². The van der Waals surface area contributed by atoms with E-state index in [2.05, 4.69) is 64.1 Å². The molecule has 3 N–H and O–H groups in total. The van der Waals surface area contributed by atoms with Crippen molar-refractivity contribution in [3.63, 3.8) is 0 Å². The van der Waals surface area contributed by atoms with E-state index in [9.17, 15) is 4.79 Å². The van der Waals surface area contributed by atoms with Crippen molar-refractivity contribution in [3.05, 3.63) is 35.9 Å². The van der Waals surface area contributed by atoms with Gasteiger partial charge >= 0.3 is 0 Å².